The highest BCUT2D eigenvalue weighted by atomic mass is 16.3. The quantitative estimate of drug-likeness (QED) is 0.618. The van der Waals surface area contributed by atoms with Gasteiger partial charge in [0.1, 0.15) is 0 Å². The van der Waals surface area contributed by atoms with Crippen molar-refractivity contribution >= 4 is 0 Å². The predicted octanol–water partition coefficient (Wildman–Crippen LogP) is 0.0363. The topological polar surface area (TPSA) is 49.5 Å². The molecule has 0 radical (unpaired) electrons. The summed E-state index contributed by atoms with van der Waals surface area (Å²) < 4.78 is 0. The molecule has 1 fully saturated rings. The Labute approximate surface area is 74.5 Å². The Morgan fingerprint density at radius 2 is 2.33 bits per heavy atom. The molecule has 0 saturated carbocycles. The Morgan fingerprint density at radius 3 is 2.92 bits per heavy atom. The fraction of sp³-hybridized carbons (Fsp3) is 1.00. The molecule has 12 heavy (non-hydrogen) atoms. The van der Waals surface area contributed by atoms with Gasteiger partial charge in [-0.1, -0.05) is 0 Å². The van der Waals surface area contributed by atoms with Gasteiger partial charge in [0.15, 0.2) is 0 Å². The van der Waals surface area contributed by atoms with Crippen molar-refractivity contribution in [2.75, 3.05) is 20.1 Å². The van der Waals surface area contributed by atoms with Crippen LogP contribution in [0.5, 0.6) is 0 Å². The van der Waals surface area contributed by atoms with E-state index < -0.39 is 0 Å². The van der Waals surface area contributed by atoms with Gasteiger partial charge in [-0.05, 0) is 39.3 Å². The summed E-state index contributed by atoms with van der Waals surface area (Å²) in [6.07, 6.45) is 1.69. The minimum atomic E-state index is -0.215. The molecule has 3 nitrogen and oxygen atoms in total. The average Bonchev–Trinajstić information content (AvgIpc) is 1.96. The van der Waals surface area contributed by atoms with E-state index in [9.17, 15) is 5.11 Å². The highest BCUT2D eigenvalue weighted by Crippen LogP contribution is 2.18. The molecule has 0 aromatic rings. The molecular weight excluding hydrogens is 152 g/mol. The lowest BCUT2D eigenvalue weighted by atomic mass is 9.89. The smallest absolute Gasteiger partial charge is 0.0515 e. The number of likely N-dealkylation sites (tertiary alicyclic amines) is 1. The summed E-state index contributed by atoms with van der Waals surface area (Å²) in [6.45, 7) is 3.96. The van der Waals surface area contributed by atoms with Crippen LogP contribution < -0.4 is 5.73 Å². The van der Waals surface area contributed by atoms with Gasteiger partial charge >= 0.3 is 0 Å². The van der Waals surface area contributed by atoms with Crippen LogP contribution in [0.3, 0.4) is 0 Å². The van der Waals surface area contributed by atoms with Crippen molar-refractivity contribution in [3.05, 3.63) is 0 Å². The molecule has 1 aliphatic heterocycles. The number of nitrogens with two attached hydrogens (primary N) is 1. The van der Waals surface area contributed by atoms with Crippen molar-refractivity contribution < 1.29 is 5.11 Å². The lowest BCUT2D eigenvalue weighted by Crippen LogP contribution is -2.46. The van der Waals surface area contributed by atoms with Crippen molar-refractivity contribution in [1.82, 2.24) is 4.90 Å². The van der Waals surface area contributed by atoms with E-state index >= 15 is 0 Å². The first-order chi connectivity index (χ1) is 5.59. The zero-order valence-corrected chi connectivity index (χ0v) is 8.03. The van der Waals surface area contributed by atoms with Crippen LogP contribution in [0.4, 0.5) is 0 Å². The molecule has 3 heteroatoms. The van der Waals surface area contributed by atoms with Gasteiger partial charge < -0.3 is 15.7 Å². The van der Waals surface area contributed by atoms with Crippen molar-refractivity contribution in [3.8, 4) is 0 Å². The molecule has 3 N–H and O–H groups in total. The maximum absolute atomic E-state index is 9.23. The maximum atomic E-state index is 9.23. The third kappa shape index (κ3) is 2.73. The van der Waals surface area contributed by atoms with Gasteiger partial charge in [-0.2, -0.15) is 0 Å². The van der Waals surface area contributed by atoms with E-state index in [2.05, 4.69) is 11.9 Å². The van der Waals surface area contributed by atoms with Gasteiger partial charge in [-0.3, -0.25) is 0 Å². The molecule has 0 spiro atoms. The van der Waals surface area contributed by atoms with Crippen LogP contribution in [0, 0.1) is 5.92 Å². The summed E-state index contributed by atoms with van der Waals surface area (Å²) in [7, 11) is 2.11. The third-order valence-corrected chi connectivity index (χ3v) is 2.64. The Hall–Kier alpha value is -0.120. The lowest BCUT2D eigenvalue weighted by molar-refractivity contribution is 0.110. The Kier molecular flexibility index (Phi) is 3.50. The Morgan fingerprint density at radius 1 is 1.67 bits per heavy atom. The second kappa shape index (κ2) is 4.21. The van der Waals surface area contributed by atoms with Gasteiger partial charge in [0.05, 0.1) is 6.10 Å². The molecule has 1 rings (SSSR count). The molecule has 0 amide bonds. The van der Waals surface area contributed by atoms with Gasteiger partial charge in [0.25, 0.3) is 0 Å². The Balaban J connectivity index is 2.38. The van der Waals surface area contributed by atoms with Gasteiger partial charge in [-0.15, -0.1) is 0 Å². The first kappa shape index (κ1) is 9.96. The summed E-state index contributed by atoms with van der Waals surface area (Å²) in [5, 5.41) is 9.23. The van der Waals surface area contributed by atoms with E-state index in [1.165, 1.54) is 0 Å². The van der Waals surface area contributed by atoms with Gasteiger partial charge in [0.2, 0.25) is 0 Å². The molecule has 72 valence electrons. The molecule has 0 aromatic heterocycles. The zero-order valence-electron chi connectivity index (χ0n) is 8.03. The minimum absolute atomic E-state index is 0.215. The van der Waals surface area contributed by atoms with E-state index in [0.717, 1.165) is 25.9 Å². The first-order valence-electron chi connectivity index (χ1n) is 4.71. The number of aliphatic hydroxyl groups excluding tert-OH is 1. The number of hydrogen-bond acceptors (Lipinski definition) is 3. The standard InChI is InChI=1S/C9H20N2O/c1-7(12)5-8-6-11(2)4-3-9(8)10/h7-9,12H,3-6,10H2,1-2H3. The van der Waals surface area contributed by atoms with E-state index in [-0.39, 0.29) is 12.1 Å². The lowest BCUT2D eigenvalue weighted by Gasteiger charge is -2.35. The van der Waals surface area contributed by atoms with Gasteiger partial charge in [-0.25, -0.2) is 0 Å². The van der Waals surface area contributed by atoms with Crippen LogP contribution in [0.1, 0.15) is 19.8 Å². The molecule has 1 saturated heterocycles. The van der Waals surface area contributed by atoms with Gasteiger partial charge in [0, 0.05) is 12.6 Å². The number of piperidine rings is 1. The van der Waals surface area contributed by atoms with E-state index in [4.69, 9.17) is 5.73 Å². The fourth-order valence-electron chi connectivity index (χ4n) is 1.92. The second-order valence-corrected chi connectivity index (χ2v) is 4.06. The summed E-state index contributed by atoms with van der Waals surface area (Å²) >= 11 is 0. The fourth-order valence-corrected chi connectivity index (χ4v) is 1.92. The number of rotatable bonds is 2. The van der Waals surface area contributed by atoms with Crippen LogP contribution >= 0.6 is 0 Å². The SMILES string of the molecule is CC(O)CC1CN(C)CCC1N. The highest BCUT2D eigenvalue weighted by molar-refractivity contribution is 4.82. The Bertz CT molecular complexity index is 136. The minimum Gasteiger partial charge on any atom is -0.393 e. The molecule has 0 aromatic carbocycles. The van der Waals surface area contributed by atoms with E-state index in [1.807, 2.05) is 6.92 Å². The third-order valence-electron chi connectivity index (χ3n) is 2.64. The largest absolute Gasteiger partial charge is 0.393 e. The van der Waals surface area contributed by atoms with E-state index in [0.29, 0.717) is 5.92 Å². The predicted molar refractivity (Wildman–Crippen MR) is 49.9 cm³/mol. The number of hydrogen-bond donors (Lipinski definition) is 2. The molecule has 3 unspecified atom stereocenters. The van der Waals surface area contributed by atoms with Crippen LogP contribution in [0.25, 0.3) is 0 Å². The normalized spacial score (nSPS) is 35.0. The number of nitrogens with zero attached hydrogens (tertiary/aromatic N) is 1. The molecule has 3 atom stereocenters. The van der Waals surface area contributed by atoms with Crippen molar-refractivity contribution in [2.45, 2.75) is 31.9 Å². The number of aliphatic hydroxyl groups is 1. The van der Waals surface area contributed by atoms with Crippen molar-refractivity contribution in [1.29, 1.82) is 0 Å². The summed E-state index contributed by atoms with van der Waals surface area (Å²) in [6, 6.07) is 0.288. The van der Waals surface area contributed by atoms with Crippen LogP contribution in [0.15, 0.2) is 0 Å². The van der Waals surface area contributed by atoms with Crippen LogP contribution in [-0.2, 0) is 0 Å². The summed E-state index contributed by atoms with van der Waals surface area (Å²) in [5.41, 5.74) is 5.95. The van der Waals surface area contributed by atoms with Crippen LogP contribution in [0.2, 0.25) is 0 Å². The average molecular weight is 172 g/mol. The van der Waals surface area contributed by atoms with Crippen LogP contribution in [-0.4, -0.2) is 42.3 Å². The second-order valence-electron chi connectivity index (χ2n) is 4.06. The first-order valence-corrected chi connectivity index (χ1v) is 4.71. The monoisotopic (exact) mass is 172 g/mol. The zero-order chi connectivity index (χ0) is 9.14. The molecule has 0 bridgehead atoms. The molecule has 1 aliphatic rings. The summed E-state index contributed by atoms with van der Waals surface area (Å²) in [4.78, 5) is 2.29. The molecule has 1 heterocycles. The molecule has 0 aliphatic carbocycles. The maximum Gasteiger partial charge on any atom is 0.0515 e. The van der Waals surface area contributed by atoms with Crippen molar-refractivity contribution in [2.24, 2.45) is 11.7 Å². The van der Waals surface area contributed by atoms with E-state index in [1.54, 1.807) is 0 Å². The summed E-state index contributed by atoms with van der Waals surface area (Å²) in [5.74, 6) is 0.476. The highest BCUT2D eigenvalue weighted by Gasteiger charge is 2.25. The van der Waals surface area contributed by atoms with Crippen molar-refractivity contribution in [3.63, 3.8) is 0 Å². The molecular formula is C9H20N2O.